The highest BCUT2D eigenvalue weighted by Crippen LogP contribution is 2.08. The number of unbranched alkanes of at least 4 members (excludes halogenated alkanes) is 1. The molecule has 0 aliphatic heterocycles. The molecule has 1 amide bonds. The molecule has 1 aromatic rings. The van der Waals surface area contributed by atoms with Gasteiger partial charge in [0, 0.05) is 13.6 Å². The largest absolute Gasteiger partial charge is 0.341 e. The van der Waals surface area contributed by atoms with E-state index in [1.54, 1.807) is 16.7 Å². The van der Waals surface area contributed by atoms with Gasteiger partial charge in [0.15, 0.2) is 0 Å². The van der Waals surface area contributed by atoms with E-state index in [2.05, 4.69) is 6.92 Å². The molecule has 0 aliphatic carbocycles. The van der Waals surface area contributed by atoms with Crippen LogP contribution in [0.25, 0.3) is 0 Å². The Balaban J connectivity index is 2.27. The fourth-order valence-electron chi connectivity index (χ4n) is 1.46. The molecular weight excluding hydrogens is 230 g/mol. The minimum absolute atomic E-state index is 0.218. The maximum absolute atomic E-state index is 11.8. The summed E-state index contributed by atoms with van der Waals surface area (Å²) < 4.78 is 0. The summed E-state index contributed by atoms with van der Waals surface area (Å²) in [6.45, 7) is 2.87. The summed E-state index contributed by atoms with van der Waals surface area (Å²) >= 11 is 1.73. The Hall–Kier alpha value is -0.960. The number of benzene rings is 1. The molecule has 1 rings (SSSR count). The van der Waals surface area contributed by atoms with Crippen molar-refractivity contribution >= 4 is 17.7 Å². The quantitative estimate of drug-likeness (QED) is 0.694. The Morgan fingerprint density at radius 2 is 2.00 bits per heavy atom. The van der Waals surface area contributed by atoms with E-state index in [0.29, 0.717) is 12.3 Å². The van der Waals surface area contributed by atoms with Crippen molar-refractivity contribution < 1.29 is 4.79 Å². The molecule has 0 aromatic heterocycles. The molecule has 1 aromatic carbocycles. The number of carbonyl (C=O) groups excluding carboxylic acids is 1. The van der Waals surface area contributed by atoms with E-state index >= 15 is 0 Å². The van der Waals surface area contributed by atoms with Crippen LogP contribution in [0.1, 0.15) is 25.3 Å². The number of rotatable bonds is 7. The van der Waals surface area contributed by atoms with Gasteiger partial charge in [-0.15, -0.1) is 0 Å². The van der Waals surface area contributed by atoms with Gasteiger partial charge in [-0.05, 0) is 17.7 Å². The monoisotopic (exact) mass is 251 g/mol. The molecule has 0 fully saturated rings. The van der Waals surface area contributed by atoms with Gasteiger partial charge in [0.05, 0.1) is 5.75 Å². The zero-order valence-corrected chi connectivity index (χ0v) is 11.5. The Labute approximate surface area is 108 Å². The minimum atomic E-state index is 0.218. The second kappa shape index (κ2) is 8.18. The summed E-state index contributed by atoms with van der Waals surface area (Å²) in [5.74, 6) is 1.90. The Morgan fingerprint density at radius 3 is 2.65 bits per heavy atom. The van der Waals surface area contributed by atoms with Gasteiger partial charge in [-0.3, -0.25) is 4.79 Å². The van der Waals surface area contributed by atoms with Crippen LogP contribution in [0.4, 0.5) is 0 Å². The molecule has 0 saturated carbocycles. The molecule has 0 unspecified atom stereocenters. The fourth-order valence-corrected chi connectivity index (χ4v) is 2.49. The van der Waals surface area contributed by atoms with Crippen LogP contribution in [0.15, 0.2) is 30.3 Å². The standard InChI is InChI=1S/C14H21NOS/c1-3-4-10-17-12-14(16)15(2)11-13-8-6-5-7-9-13/h5-9H,3-4,10-12H2,1-2H3. The van der Waals surface area contributed by atoms with Crippen LogP contribution in [0.5, 0.6) is 0 Å². The third-order valence-corrected chi connectivity index (χ3v) is 3.58. The molecule has 0 heterocycles. The van der Waals surface area contributed by atoms with Crippen LogP contribution in [0.3, 0.4) is 0 Å². The number of hydrogen-bond acceptors (Lipinski definition) is 2. The van der Waals surface area contributed by atoms with Gasteiger partial charge in [0.1, 0.15) is 0 Å². The van der Waals surface area contributed by atoms with Gasteiger partial charge in [0.25, 0.3) is 0 Å². The highest BCUT2D eigenvalue weighted by atomic mass is 32.2. The fraction of sp³-hybridized carbons (Fsp3) is 0.500. The Bertz CT molecular complexity index is 326. The van der Waals surface area contributed by atoms with E-state index in [-0.39, 0.29) is 5.91 Å². The summed E-state index contributed by atoms with van der Waals surface area (Å²) in [6, 6.07) is 10.1. The SMILES string of the molecule is CCCCSCC(=O)N(C)Cc1ccccc1. The first-order valence-electron chi connectivity index (χ1n) is 6.09. The number of thioether (sulfide) groups is 1. The molecule has 0 atom stereocenters. The predicted molar refractivity (Wildman–Crippen MR) is 75.1 cm³/mol. The number of carbonyl (C=O) groups is 1. The van der Waals surface area contributed by atoms with Gasteiger partial charge in [0.2, 0.25) is 5.91 Å². The molecule has 2 nitrogen and oxygen atoms in total. The highest BCUT2D eigenvalue weighted by Gasteiger charge is 2.08. The summed E-state index contributed by atoms with van der Waals surface area (Å²) in [4.78, 5) is 13.6. The number of hydrogen-bond donors (Lipinski definition) is 0. The first-order valence-corrected chi connectivity index (χ1v) is 7.25. The van der Waals surface area contributed by atoms with Crippen molar-refractivity contribution in [2.75, 3.05) is 18.6 Å². The molecule has 3 heteroatoms. The van der Waals surface area contributed by atoms with Crippen molar-refractivity contribution in [3.8, 4) is 0 Å². The molecule has 0 spiro atoms. The number of nitrogens with zero attached hydrogens (tertiary/aromatic N) is 1. The molecule has 0 saturated heterocycles. The molecule has 0 aliphatic rings. The normalized spacial score (nSPS) is 10.2. The van der Waals surface area contributed by atoms with Crippen LogP contribution in [-0.4, -0.2) is 29.4 Å². The van der Waals surface area contributed by atoms with E-state index in [4.69, 9.17) is 0 Å². The zero-order chi connectivity index (χ0) is 12.5. The van der Waals surface area contributed by atoms with Crippen LogP contribution in [0, 0.1) is 0 Å². The third-order valence-electron chi connectivity index (χ3n) is 2.56. The first kappa shape index (κ1) is 14.1. The lowest BCUT2D eigenvalue weighted by molar-refractivity contribution is -0.127. The topological polar surface area (TPSA) is 20.3 Å². The molecule has 17 heavy (non-hydrogen) atoms. The predicted octanol–water partition coefficient (Wildman–Crippen LogP) is 3.18. The lowest BCUT2D eigenvalue weighted by atomic mass is 10.2. The summed E-state index contributed by atoms with van der Waals surface area (Å²) in [6.07, 6.45) is 2.39. The van der Waals surface area contributed by atoms with Gasteiger partial charge in [-0.25, -0.2) is 0 Å². The molecule has 0 N–H and O–H groups in total. The van der Waals surface area contributed by atoms with E-state index in [0.717, 1.165) is 5.75 Å². The van der Waals surface area contributed by atoms with Gasteiger partial charge < -0.3 is 4.90 Å². The van der Waals surface area contributed by atoms with Crippen LogP contribution >= 0.6 is 11.8 Å². The lowest BCUT2D eigenvalue weighted by Gasteiger charge is -2.17. The van der Waals surface area contributed by atoms with E-state index in [1.165, 1.54) is 18.4 Å². The third kappa shape index (κ3) is 5.78. The van der Waals surface area contributed by atoms with Gasteiger partial charge in [-0.2, -0.15) is 11.8 Å². The van der Waals surface area contributed by atoms with Crippen LogP contribution < -0.4 is 0 Å². The maximum Gasteiger partial charge on any atom is 0.232 e. The molecule has 0 radical (unpaired) electrons. The second-order valence-corrected chi connectivity index (χ2v) is 5.25. The van der Waals surface area contributed by atoms with E-state index in [9.17, 15) is 4.79 Å². The summed E-state index contributed by atoms with van der Waals surface area (Å²) in [5, 5.41) is 0. The van der Waals surface area contributed by atoms with Crippen molar-refractivity contribution in [1.82, 2.24) is 4.90 Å². The summed E-state index contributed by atoms with van der Waals surface area (Å²) in [7, 11) is 1.87. The smallest absolute Gasteiger partial charge is 0.232 e. The average Bonchev–Trinajstić information content (AvgIpc) is 2.35. The van der Waals surface area contributed by atoms with E-state index in [1.807, 2.05) is 37.4 Å². The minimum Gasteiger partial charge on any atom is -0.341 e. The lowest BCUT2D eigenvalue weighted by Crippen LogP contribution is -2.27. The van der Waals surface area contributed by atoms with Crippen molar-refractivity contribution in [2.45, 2.75) is 26.3 Å². The van der Waals surface area contributed by atoms with Crippen LogP contribution in [0.2, 0.25) is 0 Å². The van der Waals surface area contributed by atoms with Crippen molar-refractivity contribution in [3.63, 3.8) is 0 Å². The van der Waals surface area contributed by atoms with E-state index < -0.39 is 0 Å². The average molecular weight is 251 g/mol. The Kier molecular flexibility index (Phi) is 6.78. The zero-order valence-electron chi connectivity index (χ0n) is 10.7. The molecular formula is C14H21NOS. The number of amides is 1. The highest BCUT2D eigenvalue weighted by molar-refractivity contribution is 7.99. The second-order valence-electron chi connectivity index (χ2n) is 4.14. The Morgan fingerprint density at radius 1 is 1.29 bits per heavy atom. The molecule has 94 valence electrons. The van der Waals surface area contributed by atoms with Crippen molar-refractivity contribution in [3.05, 3.63) is 35.9 Å². The van der Waals surface area contributed by atoms with Crippen molar-refractivity contribution in [1.29, 1.82) is 0 Å². The van der Waals surface area contributed by atoms with Gasteiger partial charge in [-0.1, -0.05) is 43.7 Å². The summed E-state index contributed by atoms with van der Waals surface area (Å²) in [5.41, 5.74) is 1.18. The maximum atomic E-state index is 11.8. The van der Waals surface area contributed by atoms with Crippen molar-refractivity contribution in [2.24, 2.45) is 0 Å². The first-order chi connectivity index (χ1) is 8.24. The molecule has 0 bridgehead atoms. The van der Waals surface area contributed by atoms with Gasteiger partial charge >= 0.3 is 0 Å². The van der Waals surface area contributed by atoms with Crippen LogP contribution in [-0.2, 0) is 11.3 Å².